The fraction of sp³-hybridized carbons (Fsp3) is 0.440. The van der Waals surface area contributed by atoms with E-state index in [0.717, 1.165) is 56.7 Å². The number of nitrogens with one attached hydrogen (secondary N) is 1. The summed E-state index contributed by atoms with van der Waals surface area (Å²) in [7, 11) is 1.67. The van der Waals surface area contributed by atoms with Crippen molar-refractivity contribution >= 4 is 17.6 Å². The van der Waals surface area contributed by atoms with Gasteiger partial charge in [-0.3, -0.25) is 4.79 Å². The minimum absolute atomic E-state index is 0.0246. The van der Waals surface area contributed by atoms with Crippen molar-refractivity contribution in [2.45, 2.75) is 25.7 Å². The molecule has 0 aromatic heterocycles. The molecule has 0 spiro atoms. The number of carbonyl (C=O) groups is 2. The van der Waals surface area contributed by atoms with E-state index in [0.29, 0.717) is 6.54 Å². The molecule has 2 aromatic rings. The molecule has 2 aromatic carbocycles. The van der Waals surface area contributed by atoms with Gasteiger partial charge in [0.2, 0.25) is 0 Å². The lowest BCUT2D eigenvalue weighted by Crippen LogP contribution is -2.48. The molecule has 3 amide bonds. The van der Waals surface area contributed by atoms with Crippen LogP contribution in [0.3, 0.4) is 0 Å². The number of anilines is 1. The average Bonchev–Trinajstić information content (AvgIpc) is 2.83. The molecule has 0 unspecified atom stereocenters. The van der Waals surface area contributed by atoms with Gasteiger partial charge in [0.25, 0.3) is 5.91 Å². The van der Waals surface area contributed by atoms with Crippen molar-refractivity contribution in [2.75, 3.05) is 51.2 Å². The molecule has 1 N–H and O–H groups in total. The van der Waals surface area contributed by atoms with Crippen LogP contribution in [0.15, 0.2) is 48.5 Å². The number of urea groups is 1. The van der Waals surface area contributed by atoms with Gasteiger partial charge in [0, 0.05) is 63.5 Å². The van der Waals surface area contributed by atoms with E-state index in [1.807, 2.05) is 28.0 Å². The van der Waals surface area contributed by atoms with Crippen LogP contribution in [-0.4, -0.2) is 68.1 Å². The highest BCUT2D eigenvalue weighted by Crippen LogP contribution is 2.28. The van der Waals surface area contributed by atoms with Crippen molar-refractivity contribution in [3.8, 4) is 0 Å². The molecule has 0 bridgehead atoms. The Kier molecular flexibility index (Phi) is 6.44. The Hall–Kier alpha value is -3.02. The zero-order valence-corrected chi connectivity index (χ0v) is 18.5. The highest BCUT2D eigenvalue weighted by atomic mass is 16.2. The number of likely N-dealkylation sites (tertiary alicyclic amines) is 1. The fourth-order valence-corrected chi connectivity index (χ4v) is 4.69. The Morgan fingerprint density at radius 1 is 0.935 bits per heavy atom. The van der Waals surface area contributed by atoms with Gasteiger partial charge >= 0.3 is 6.03 Å². The molecule has 2 aliphatic rings. The number of rotatable bonds is 3. The number of aryl methyl sites for hydroxylation is 1. The minimum Gasteiger partial charge on any atom is -0.368 e. The van der Waals surface area contributed by atoms with Gasteiger partial charge in [0.15, 0.2) is 0 Å². The summed E-state index contributed by atoms with van der Waals surface area (Å²) >= 11 is 0. The van der Waals surface area contributed by atoms with Crippen LogP contribution in [-0.2, 0) is 0 Å². The van der Waals surface area contributed by atoms with Gasteiger partial charge < -0.3 is 20.0 Å². The van der Waals surface area contributed by atoms with Crippen LogP contribution in [0.25, 0.3) is 0 Å². The van der Waals surface area contributed by atoms with Crippen LogP contribution in [0.4, 0.5) is 10.5 Å². The van der Waals surface area contributed by atoms with Crippen molar-refractivity contribution < 1.29 is 9.59 Å². The Bertz CT molecular complexity index is 937. The molecular formula is C25H32N4O2. The largest absolute Gasteiger partial charge is 0.368 e. The third kappa shape index (κ3) is 4.84. The van der Waals surface area contributed by atoms with E-state index in [9.17, 15) is 9.59 Å². The highest BCUT2D eigenvalue weighted by Gasteiger charge is 2.26. The van der Waals surface area contributed by atoms with E-state index in [1.165, 1.54) is 11.3 Å². The third-order valence-electron chi connectivity index (χ3n) is 6.46. The summed E-state index contributed by atoms with van der Waals surface area (Å²) < 4.78 is 0. The molecule has 0 radical (unpaired) electrons. The Morgan fingerprint density at radius 2 is 1.71 bits per heavy atom. The predicted octanol–water partition coefficient (Wildman–Crippen LogP) is 3.48. The molecule has 2 aliphatic heterocycles. The lowest BCUT2D eigenvalue weighted by atomic mass is 9.89. The van der Waals surface area contributed by atoms with Crippen molar-refractivity contribution in [3.63, 3.8) is 0 Å². The van der Waals surface area contributed by atoms with Gasteiger partial charge in [-0.05, 0) is 55.2 Å². The van der Waals surface area contributed by atoms with Crippen LogP contribution in [0.1, 0.15) is 40.2 Å². The monoisotopic (exact) mass is 420 g/mol. The van der Waals surface area contributed by atoms with Gasteiger partial charge in [-0.2, -0.15) is 0 Å². The SMILES string of the molecule is CNC(=O)N1CCC[C@H](c2cccc(C(=O)N3CCN(c4cccc(C)c4)CC3)c2)C1. The number of hydrogen-bond donors (Lipinski definition) is 1. The maximum atomic E-state index is 13.2. The fourth-order valence-electron chi connectivity index (χ4n) is 4.69. The van der Waals surface area contributed by atoms with Crippen LogP contribution in [0, 0.1) is 6.92 Å². The van der Waals surface area contributed by atoms with E-state index < -0.39 is 0 Å². The number of piperazine rings is 1. The van der Waals surface area contributed by atoms with Gasteiger partial charge in [0.1, 0.15) is 0 Å². The molecule has 6 heteroatoms. The number of amides is 3. The quantitative estimate of drug-likeness (QED) is 0.827. The van der Waals surface area contributed by atoms with Crippen LogP contribution >= 0.6 is 0 Å². The maximum absolute atomic E-state index is 13.2. The van der Waals surface area contributed by atoms with E-state index in [2.05, 4.69) is 47.5 Å². The van der Waals surface area contributed by atoms with Crippen molar-refractivity contribution in [2.24, 2.45) is 0 Å². The van der Waals surface area contributed by atoms with E-state index in [4.69, 9.17) is 0 Å². The van der Waals surface area contributed by atoms with Crippen molar-refractivity contribution in [1.82, 2.24) is 15.1 Å². The molecule has 6 nitrogen and oxygen atoms in total. The first-order valence-corrected chi connectivity index (χ1v) is 11.2. The molecule has 2 saturated heterocycles. The first kappa shape index (κ1) is 21.2. The number of hydrogen-bond acceptors (Lipinski definition) is 3. The summed E-state index contributed by atoms with van der Waals surface area (Å²) in [4.78, 5) is 31.4. The summed E-state index contributed by atoms with van der Waals surface area (Å²) in [6.07, 6.45) is 2.03. The Labute approximate surface area is 184 Å². The Balaban J connectivity index is 1.40. The first-order chi connectivity index (χ1) is 15.0. The topological polar surface area (TPSA) is 55.9 Å². The van der Waals surface area contributed by atoms with Crippen LogP contribution < -0.4 is 10.2 Å². The average molecular weight is 421 g/mol. The van der Waals surface area contributed by atoms with Gasteiger partial charge in [-0.1, -0.05) is 24.3 Å². The minimum atomic E-state index is -0.0246. The number of benzene rings is 2. The molecule has 0 saturated carbocycles. The molecular weight excluding hydrogens is 388 g/mol. The molecule has 0 aliphatic carbocycles. The van der Waals surface area contributed by atoms with Crippen LogP contribution in [0.2, 0.25) is 0 Å². The normalized spacial score (nSPS) is 19.3. The zero-order chi connectivity index (χ0) is 21.8. The smallest absolute Gasteiger partial charge is 0.317 e. The zero-order valence-electron chi connectivity index (χ0n) is 18.5. The highest BCUT2D eigenvalue weighted by molar-refractivity contribution is 5.94. The first-order valence-electron chi connectivity index (χ1n) is 11.2. The standard InChI is InChI=1S/C25H32N4O2/c1-19-6-3-10-23(16-19)27-12-14-28(15-13-27)24(30)21-8-4-7-20(17-21)22-9-5-11-29(18-22)25(31)26-2/h3-4,6-8,10,16-17,22H,5,9,11-15,18H2,1-2H3,(H,26,31)/t22-/m0/s1. The molecule has 1 atom stereocenters. The Morgan fingerprint density at radius 3 is 2.45 bits per heavy atom. The lowest BCUT2D eigenvalue weighted by Gasteiger charge is -2.36. The summed E-state index contributed by atoms with van der Waals surface area (Å²) in [5, 5.41) is 2.72. The van der Waals surface area contributed by atoms with Gasteiger partial charge in [0.05, 0.1) is 0 Å². The summed E-state index contributed by atoms with van der Waals surface area (Å²) in [5.74, 6) is 0.377. The van der Waals surface area contributed by atoms with E-state index in [-0.39, 0.29) is 17.9 Å². The molecule has 2 fully saturated rings. The van der Waals surface area contributed by atoms with E-state index >= 15 is 0 Å². The van der Waals surface area contributed by atoms with Gasteiger partial charge in [-0.15, -0.1) is 0 Å². The molecule has 4 rings (SSSR count). The lowest BCUT2D eigenvalue weighted by molar-refractivity contribution is 0.0746. The second-order valence-corrected chi connectivity index (χ2v) is 8.58. The third-order valence-corrected chi connectivity index (χ3v) is 6.46. The molecule has 2 heterocycles. The number of piperidine rings is 1. The predicted molar refractivity (Wildman–Crippen MR) is 124 cm³/mol. The molecule has 164 valence electrons. The van der Waals surface area contributed by atoms with Crippen LogP contribution in [0.5, 0.6) is 0 Å². The number of carbonyl (C=O) groups excluding carboxylic acids is 2. The molecule has 31 heavy (non-hydrogen) atoms. The van der Waals surface area contributed by atoms with Crippen molar-refractivity contribution in [1.29, 1.82) is 0 Å². The van der Waals surface area contributed by atoms with Crippen molar-refractivity contribution in [3.05, 3.63) is 65.2 Å². The second-order valence-electron chi connectivity index (χ2n) is 8.58. The summed E-state index contributed by atoms with van der Waals surface area (Å²) in [6.45, 7) is 6.75. The maximum Gasteiger partial charge on any atom is 0.317 e. The second kappa shape index (κ2) is 9.41. The summed E-state index contributed by atoms with van der Waals surface area (Å²) in [5.41, 5.74) is 4.38. The summed E-state index contributed by atoms with van der Waals surface area (Å²) in [6, 6.07) is 16.5. The van der Waals surface area contributed by atoms with E-state index in [1.54, 1.807) is 7.05 Å². The van der Waals surface area contributed by atoms with Gasteiger partial charge in [-0.25, -0.2) is 4.79 Å². The number of nitrogens with zero attached hydrogens (tertiary/aromatic N) is 3.